The first-order valence-electron chi connectivity index (χ1n) is 5.49. The molecule has 1 aromatic carbocycles. The highest BCUT2D eigenvalue weighted by molar-refractivity contribution is 9.10. The highest BCUT2D eigenvalue weighted by atomic mass is 79.9. The first-order valence-corrected chi connectivity index (χ1v) is 7.10. The fraction of sp³-hybridized carbons (Fsp3) is 0.308. The van der Waals surface area contributed by atoms with Gasteiger partial charge in [0, 0.05) is 4.88 Å². The average Bonchev–Trinajstić information content (AvgIpc) is 2.67. The van der Waals surface area contributed by atoms with Crippen molar-refractivity contribution in [2.45, 2.75) is 20.5 Å². The maximum absolute atomic E-state index is 5.74. The van der Waals surface area contributed by atoms with Crippen LogP contribution in [-0.2, 0) is 6.61 Å². The van der Waals surface area contributed by atoms with Gasteiger partial charge in [0.1, 0.15) is 23.1 Å². The Morgan fingerprint density at radius 2 is 2.11 bits per heavy atom. The molecule has 0 atom stereocenters. The van der Waals surface area contributed by atoms with Crippen LogP contribution in [0.4, 0.5) is 0 Å². The van der Waals surface area contributed by atoms with Gasteiger partial charge >= 0.3 is 0 Å². The Bertz CT molecular complexity index is 534. The number of halogens is 1. The Morgan fingerprint density at radius 3 is 2.67 bits per heavy atom. The first kappa shape index (κ1) is 13.4. The molecule has 0 saturated heterocycles. The molecule has 1 aromatic heterocycles. The van der Waals surface area contributed by atoms with Crippen molar-refractivity contribution >= 4 is 27.3 Å². The van der Waals surface area contributed by atoms with Crippen LogP contribution in [0.3, 0.4) is 0 Å². The minimum Gasteiger partial charge on any atom is -0.497 e. The fourth-order valence-electron chi connectivity index (χ4n) is 1.47. The number of aromatic nitrogens is 1. The predicted molar refractivity (Wildman–Crippen MR) is 76.6 cm³/mol. The molecule has 0 radical (unpaired) electrons. The smallest absolute Gasteiger partial charge is 0.140 e. The molecule has 18 heavy (non-hydrogen) atoms. The number of rotatable bonds is 4. The normalized spacial score (nSPS) is 10.4. The molecule has 0 saturated carbocycles. The number of hydrogen-bond donors (Lipinski definition) is 0. The van der Waals surface area contributed by atoms with Crippen molar-refractivity contribution in [2.75, 3.05) is 7.11 Å². The van der Waals surface area contributed by atoms with Crippen LogP contribution in [0.15, 0.2) is 22.7 Å². The molecular weight excluding hydrogens is 314 g/mol. The molecule has 1 heterocycles. The minimum absolute atomic E-state index is 0.490. The lowest BCUT2D eigenvalue weighted by atomic mass is 10.3. The van der Waals surface area contributed by atoms with E-state index in [1.807, 2.05) is 25.1 Å². The van der Waals surface area contributed by atoms with E-state index in [4.69, 9.17) is 9.47 Å². The Kier molecular flexibility index (Phi) is 4.24. The van der Waals surface area contributed by atoms with E-state index in [0.29, 0.717) is 6.61 Å². The van der Waals surface area contributed by atoms with E-state index in [1.165, 1.54) is 4.88 Å². The quantitative estimate of drug-likeness (QED) is 0.846. The van der Waals surface area contributed by atoms with Gasteiger partial charge < -0.3 is 9.47 Å². The summed E-state index contributed by atoms with van der Waals surface area (Å²) in [5.41, 5.74) is 1.08. The van der Waals surface area contributed by atoms with Crippen molar-refractivity contribution in [3.05, 3.63) is 38.3 Å². The standard InChI is InChI=1S/C13H14BrNO2S/c1-8-9(2)18-13(15-8)7-17-12-5-4-10(16-3)6-11(12)14/h4-6H,7H2,1-3H3. The van der Waals surface area contributed by atoms with Gasteiger partial charge in [0.05, 0.1) is 17.3 Å². The van der Waals surface area contributed by atoms with Crippen molar-refractivity contribution in [3.63, 3.8) is 0 Å². The Labute approximate surface area is 119 Å². The summed E-state index contributed by atoms with van der Waals surface area (Å²) in [4.78, 5) is 5.68. The number of aryl methyl sites for hydroxylation is 2. The van der Waals surface area contributed by atoms with Crippen LogP contribution < -0.4 is 9.47 Å². The molecule has 0 aliphatic heterocycles. The van der Waals surface area contributed by atoms with Crippen LogP contribution >= 0.6 is 27.3 Å². The van der Waals surface area contributed by atoms with E-state index in [2.05, 4.69) is 27.8 Å². The number of benzene rings is 1. The zero-order valence-corrected chi connectivity index (χ0v) is 12.9. The molecule has 0 bridgehead atoms. The molecule has 5 heteroatoms. The molecule has 2 aromatic rings. The Morgan fingerprint density at radius 1 is 1.33 bits per heavy atom. The monoisotopic (exact) mass is 327 g/mol. The molecule has 0 amide bonds. The van der Waals surface area contributed by atoms with E-state index in [9.17, 15) is 0 Å². The lowest BCUT2D eigenvalue weighted by molar-refractivity contribution is 0.302. The first-order chi connectivity index (χ1) is 8.60. The largest absolute Gasteiger partial charge is 0.497 e. The highest BCUT2D eigenvalue weighted by Crippen LogP contribution is 2.30. The maximum Gasteiger partial charge on any atom is 0.140 e. The van der Waals surface area contributed by atoms with Crippen LogP contribution in [-0.4, -0.2) is 12.1 Å². The van der Waals surface area contributed by atoms with Crippen molar-refractivity contribution in [1.29, 1.82) is 0 Å². The van der Waals surface area contributed by atoms with Gasteiger partial charge in [-0.1, -0.05) is 0 Å². The van der Waals surface area contributed by atoms with Crippen molar-refractivity contribution in [1.82, 2.24) is 4.98 Å². The average molecular weight is 328 g/mol. The number of thiazole rings is 1. The summed E-state index contributed by atoms with van der Waals surface area (Å²) < 4.78 is 11.8. The second kappa shape index (κ2) is 5.71. The van der Waals surface area contributed by atoms with E-state index < -0.39 is 0 Å². The van der Waals surface area contributed by atoms with Gasteiger partial charge in [0.15, 0.2) is 0 Å². The molecular formula is C13H14BrNO2S. The maximum atomic E-state index is 5.74. The van der Waals surface area contributed by atoms with Crippen LogP contribution in [0.5, 0.6) is 11.5 Å². The predicted octanol–water partition coefficient (Wildman–Crippen LogP) is 4.11. The van der Waals surface area contributed by atoms with Gasteiger partial charge in [-0.25, -0.2) is 4.98 Å². The van der Waals surface area contributed by atoms with Gasteiger partial charge in [-0.05, 0) is 48.0 Å². The van der Waals surface area contributed by atoms with Gasteiger partial charge in [-0.2, -0.15) is 0 Å². The van der Waals surface area contributed by atoms with E-state index in [-0.39, 0.29) is 0 Å². The van der Waals surface area contributed by atoms with Crippen molar-refractivity contribution in [2.24, 2.45) is 0 Å². The van der Waals surface area contributed by atoms with Gasteiger partial charge in [0.2, 0.25) is 0 Å². The summed E-state index contributed by atoms with van der Waals surface area (Å²) in [6.07, 6.45) is 0. The zero-order chi connectivity index (χ0) is 13.1. The molecule has 96 valence electrons. The summed E-state index contributed by atoms with van der Waals surface area (Å²) >= 11 is 5.13. The van der Waals surface area contributed by atoms with Gasteiger partial charge in [0.25, 0.3) is 0 Å². The molecule has 0 aliphatic rings. The topological polar surface area (TPSA) is 31.4 Å². The SMILES string of the molecule is COc1ccc(OCc2nc(C)c(C)s2)c(Br)c1. The second-order valence-electron chi connectivity index (χ2n) is 3.83. The Balaban J connectivity index is 2.06. The van der Waals surface area contributed by atoms with Crippen LogP contribution in [0.25, 0.3) is 0 Å². The van der Waals surface area contributed by atoms with Crippen LogP contribution in [0, 0.1) is 13.8 Å². The summed E-state index contributed by atoms with van der Waals surface area (Å²) in [5.74, 6) is 1.59. The molecule has 0 spiro atoms. The number of ether oxygens (including phenoxy) is 2. The second-order valence-corrected chi connectivity index (χ2v) is 5.98. The van der Waals surface area contributed by atoms with E-state index in [0.717, 1.165) is 26.7 Å². The molecule has 0 aliphatic carbocycles. The number of methoxy groups -OCH3 is 1. The number of nitrogens with zero attached hydrogens (tertiary/aromatic N) is 1. The van der Waals surface area contributed by atoms with Crippen LogP contribution in [0.1, 0.15) is 15.6 Å². The van der Waals surface area contributed by atoms with Crippen molar-refractivity contribution in [3.8, 4) is 11.5 Å². The van der Waals surface area contributed by atoms with Gasteiger partial charge in [-0.15, -0.1) is 11.3 Å². The molecule has 0 N–H and O–H groups in total. The van der Waals surface area contributed by atoms with Crippen LogP contribution in [0.2, 0.25) is 0 Å². The number of hydrogen-bond acceptors (Lipinski definition) is 4. The molecule has 0 unspecified atom stereocenters. The zero-order valence-electron chi connectivity index (χ0n) is 10.5. The summed E-state index contributed by atoms with van der Waals surface area (Å²) in [5, 5.41) is 0.993. The highest BCUT2D eigenvalue weighted by Gasteiger charge is 2.07. The molecule has 0 fully saturated rings. The third-order valence-electron chi connectivity index (χ3n) is 2.56. The third kappa shape index (κ3) is 3.03. The van der Waals surface area contributed by atoms with Gasteiger partial charge in [-0.3, -0.25) is 0 Å². The molecule has 2 rings (SSSR count). The summed E-state index contributed by atoms with van der Waals surface area (Å²) in [6.45, 7) is 4.57. The fourth-order valence-corrected chi connectivity index (χ4v) is 2.79. The molecule has 3 nitrogen and oxygen atoms in total. The third-order valence-corrected chi connectivity index (χ3v) is 4.23. The lowest BCUT2D eigenvalue weighted by Gasteiger charge is -2.07. The van der Waals surface area contributed by atoms with E-state index in [1.54, 1.807) is 18.4 Å². The Hall–Kier alpha value is -1.07. The van der Waals surface area contributed by atoms with E-state index >= 15 is 0 Å². The van der Waals surface area contributed by atoms with Crippen molar-refractivity contribution < 1.29 is 9.47 Å². The summed E-state index contributed by atoms with van der Waals surface area (Å²) in [7, 11) is 1.64. The lowest BCUT2D eigenvalue weighted by Crippen LogP contribution is -1.96. The minimum atomic E-state index is 0.490. The summed E-state index contributed by atoms with van der Waals surface area (Å²) in [6, 6.07) is 5.64.